The van der Waals surface area contributed by atoms with Crippen molar-refractivity contribution in [2.75, 3.05) is 0 Å². The van der Waals surface area contributed by atoms with Crippen LogP contribution in [0.5, 0.6) is 5.75 Å². The van der Waals surface area contributed by atoms with Gasteiger partial charge in [-0.2, -0.15) is 5.26 Å². The van der Waals surface area contributed by atoms with Gasteiger partial charge in [0.1, 0.15) is 35.6 Å². The van der Waals surface area contributed by atoms with Gasteiger partial charge in [0.2, 0.25) is 0 Å². The molecule has 0 saturated heterocycles. The molecular formula is C15H9F2NO3. The van der Waals surface area contributed by atoms with Gasteiger partial charge < -0.3 is 9.84 Å². The number of carboxylic acids is 1. The van der Waals surface area contributed by atoms with Crippen LogP contribution in [0.3, 0.4) is 0 Å². The van der Waals surface area contributed by atoms with Crippen LogP contribution in [0.25, 0.3) is 0 Å². The normalized spacial score (nSPS) is 9.95. The van der Waals surface area contributed by atoms with Gasteiger partial charge in [-0.1, -0.05) is 12.1 Å². The van der Waals surface area contributed by atoms with Crippen molar-refractivity contribution >= 4 is 5.97 Å². The first kappa shape index (κ1) is 14.5. The molecule has 0 unspecified atom stereocenters. The number of benzene rings is 2. The molecule has 2 aromatic rings. The van der Waals surface area contributed by atoms with Crippen molar-refractivity contribution in [1.29, 1.82) is 5.26 Å². The number of nitrogens with zero attached hydrogens (tertiary/aromatic N) is 1. The van der Waals surface area contributed by atoms with Gasteiger partial charge in [0.05, 0.1) is 5.56 Å². The SMILES string of the molecule is N#Cc1cc(COc2cccc(F)c2C(=O)O)ccc1F. The molecule has 0 aromatic heterocycles. The van der Waals surface area contributed by atoms with Crippen molar-refractivity contribution in [3.8, 4) is 11.8 Å². The monoisotopic (exact) mass is 289 g/mol. The fraction of sp³-hybridized carbons (Fsp3) is 0.0667. The van der Waals surface area contributed by atoms with Crippen LogP contribution in [0.4, 0.5) is 8.78 Å². The van der Waals surface area contributed by atoms with Gasteiger partial charge in [-0.15, -0.1) is 0 Å². The zero-order valence-corrected chi connectivity index (χ0v) is 10.6. The lowest BCUT2D eigenvalue weighted by Crippen LogP contribution is -2.06. The van der Waals surface area contributed by atoms with Crippen LogP contribution in [-0.4, -0.2) is 11.1 Å². The van der Waals surface area contributed by atoms with Crippen molar-refractivity contribution in [3.63, 3.8) is 0 Å². The highest BCUT2D eigenvalue weighted by Crippen LogP contribution is 2.23. The average molecular weight is 289 g/mol. The molecular weight excluding hydrogens is 280 g/mol. The molecule has 0 radical (unpaired) electrons. The second kappa shape index (κ2) is 6.01. The van der Waals surface area contributed by atoms with Crippen molar-refractivity contribution in [2.24, 2.45) is 0 Å². The Bertz CT molecular complexity index is 738. The summed E-state index contributed by atoms with van der Waals surface area (Å²) in [6.45, 7) is -0.112. The minimum atomic E-state index is -1.44. The topological polar surface area (TPSA) is 70.3 Å². The fourth-order valence-corrected chi connectivity index (χ4v) is 1.74. The smallest absolute Gasteiger partial charge is 0.342 e. The standard InChI is InChI=1S/C15H9F2NO3/c16-11-5-4-9(6-10(11)7-18)8-21-13-3-1-2-12(17)14(13)15(19)20/h1-6H,8H2,(H,19,20). The van der Waals surface area contributed by atoms with E-state index in [9.17, 15) is 13.6 Å². The number of hydrogen-bond donors (Lipinski definition) is 1. The number of rotatable bonds is 4. The number of carbonyl (C=O) groups is 1. The third-order valence-electron chi connectivity index (χ3n) is 2.73. The summed E-state index contributed by atoms with van der Waals surface area (Å²) in [6, 6.07) is 9.14. The van der Waals surface area contributed by atoms with Crippen LogP contribution < -0.4 is 4.74 Å². The molecule has 1 N–H and O–H groups in total. The van der Waals surface area contributed by atoms with E-state index in [0.717, 1.165) is 12.1 Å². The summed E-state index contributed by atoms with van der Waals surface area (Å²) in [5.74, 6) is -3.14. The molecule has 0 bridgehead atoms. The highest BCUT2D eigenvalue weighted by Gasteiger charge is 2.17. The predicted octanol–water partition coefficient (Wildman–Crippen LogP) is 3.11. The second-order valence-electron chi connectivity index (χ2n) is 4.13. The van der Waals surface area contributed by atoms with Crippen molar-refractivity contribution in [1.82, 2.24) is 0 Å². The summed E-state index contributed by atoms with van der Waals surface area (Å²) < 4.78 is 31.9. The molecule has 0 fully saturated rings. The Labute approximate surface area is 118 Å². The van der Waals surface area contributed by atoms with E-state index < -0.39 is 23.2 Å². The summed E-state index contributed by atoms with van der Waals surface area (Å²) in [6.07, 6.45) is 0. The van der Waals surface area contributed by atoms with Gasteiger partial charge in [0.15, 0.2) is 0 Å². The molecule has 106 valence electrons. The zero-order valence-electron chi connectivity index (χ0n) is 10.6. The largest absolute Gasteiger partial charge is 0.488 e. The molecule has 0 aliphatic heterocycles. The minimum absolute atomic E-state index is 0.112. The zero-order chi connectivity index (χ0) is 15.4. The van der Waals surface area contributed by atoms with Crippen molar-refractivity contribution in [3.05, 3.63) is 64.7 Å². The molecule has 0 aliphatic rings. The Morgan fingerprint density at radius 2 is 2.00 bits per heavy atom. The molecule has 0 heterocycles. The van der Waals surface area contributed by atoms with E-state index in [1.807, 2.05) is 0 Å². The van der Waals surface area contributed by atoms with E-state index >= 15 is 0 Å². The van der Waals surface area contributed by atoms with E-state index in [-0.39, 0.29) is 17.9 Å². The number of carboxylic acid groups (broad SMARTS) is 1. The van der Waals surface area contributed by atoms with Gasteiger partial charge in [0.25, 0.3) is 0 Å². The molecule has 0 saturated carbocycles. The highest BCUT2D eigenvalue weighted by atomic mass is 19.1. The van der Waals surface area contributed by atoms with E-state index in [0.29, 0.717) is 5.56 Å². The van der Waals surface area contributed by atoms with Crippen LogP contribution in [0.1, 0.15) is 21.5 Å². The second-order valence-corrected chi connectivity index (χ2v) is 4.13. The lowest BCUT2D eigenvalue weighted by molar-refractivity contribution is 0.0686. The molecule has 2 aromatic carbocycles. The van der Waals surface area contributed by atoms with Crippen LogP contribution >= 0.6 is 0 Å². The maximum atomic E-state index is 13.4. The molecule has 0 amide bonds. The fourth-order valence-electron chi connectivity index (χ4n) is 1.74. The van der Waals surface area contributed by atoms with E-state index in [1.54, 1.807) is 6.07 Å². The summed E-state index contributed by atoms with van der Waals surface area (Å²) in [5, 5.41) is 17.7. The van der Waals surface area contributed by atoms with Crippen molar-refractivity contribution in [2.45, 2.75) is 6.61 Å². The Kier molecular flexibility index (Phi) is 4.14. The van der Waals surface area contributed by atoms with E-state index in [2.05, 4.69) is 0 Å². The molecule has 6 heteroatoms. The quantitative estimate of drug-likeness (QED) is 0.938. The first-order valence-electron chi connectivity index (χ1n) is 5.86. The first-order chi connectivity index (χ1) is 10.0. The molecule has 0 atom stereocenters. The first-order valence-corrected chi connectivity index (χ1v) is 5.86. The van der Waals surface area contributed by atoms with Crippen LogP contribution in [-0.2, 0) is 6.61 Å². The van der Waals surface area contributed by atoms with Crippen LogP contribution in [0, 0.1) is 23.0 Å². The molecule has 2 rings (SSSR count). The third-order valence-corrected chi connectivity index (χ3v) is 2.73. The van der Waals surface area contributed by atoms with E-state index in [1.165, 1.54) is 24.3 Å². The highest BCUT2D eigenvalue weighted by molar-refractivity contribution is 5.91. The molecule has 0 spiro atoms. The Morgan fingerprint density at radius 3 is 2.67 bits per heavy atom. The maximum Gasteiger partial charge on any atom is 0.342 e. The molecule has 4 nitrogen and oxygen atoms in total. The van der Waals surface area contributed by atoms with E-state index in [4.69, 9.17) is 15.1 Å². The summed E-state index contributed by atoms with van der Waals surface area (Å²) in [4.78, 5) is 11.0. The van der Waals surface area contributed by atoms with Crippen LogP contribution in [0.2, 0.25) is 0 Å². The van der Waals surface area contributed by atoms with Gasteiger partial charge >= 0.3 is 5.97 Å². The van der Waals surface area contributed by atoms with Gasteiger partial charge in [-0.25, -0.2) is 13.6 Å². The summed E-state index contributed by atoms with van der Waals surface area (Å²) >= 11 is 0. The predicted molar refractivity (Wildman–Crippen MR) is 68.8 cm³/mol. The van der Waals surface area contributed by atoms with Crippen molar-refractivity contribution < 1.29 is 23.4 Å². The number of nitriles is 1. The lowest BCUT2D eigenvalue weighted by atomic mass is 10.1. The average Bonchev–Trinajstić information content (AvgIpc) is 2.46. The minimum Gasteiger partial charge on any atom is -0.488 e. The van der Waals surface area contributed by atoms with Gasteiger partial charge in [0, 0.05) is 0 Å². The number of ether oxygens (including phenoxy) is 1. The Balaban J connectivity index is 2.23. The maximum absolute atomic E-state index is 13.4. The molecule has 0 aliphatic carbocycles. The summed E-state index contributed by atoms with van der Waals surface area (Å²) in [5.41, 5.74) is -0.248. The van der Waals surface area contributed by atoms with Crippen LogP contribution in [0.15, 0.2) is 36.4 Å². The Hall–Kier alpha value is -2.94. The number of halogens is 2. The third kappa shape index (κ3) is 3.15. The van der Waals surface area contributed by atoms with Gasteiger partial charge in [-0.3, -0.25) is 0 Å². The number of aromatic carboxylic acids is 1. The molecule has 21 heavy (non-hydrogen) atoms. The lowest BCUT2D eigenvalue weighted by Gasteiger charge is -2.10. The van der Waals surface area contributed by atoms with Gasteiger partial charge in [-0.05, 0) is 29.8 Å². The number of hydrogen-bond acceptors (Lipinski definition) is 3. The summed E-state index contributed by atoms with van der Waals surface area (Å²) in [7, 11) is 0. The Morgan fingerprint density at radius 1 is 1.24 bits per heavy atom.